The number of hydrogen-bond acceptors (Lipinski definition) is 5. The van der Waals surface area contributed by atoms with E-state index in [1.165, 1.54) is 6.07 Å². The van der Waals surface area contributed by atoms with E-state index in [-0.39, 0.29) is 18.9 Å². The smallest absolute Gasteiger partial charge is 0.392 e. The first-order valence-electron chi connectivity index (χ1n) is 10.6. The fraction of sp³-hybridized carbons (Fsp3) is 0.391. The van der Waals surface area contributed by atoms with E-state index in [0.29, 0.717) is 41.2 Å². The average molecular weight is 481 g/mol. The maximum absolute atomic E-state index is 13.3. The third kappa shape index (κ3) is 6.20. The van der Waals surface area contributed by atoms with Gasteiger partial charge in [0.2, 0.25) is 11.9 Å². The van der Waals surface area contributed by atoms with Crippen molar-refractivity contribution in [2.75, 3.05) is 30.4 Å². The summed E-state index contributed by atoms with van der Waals surface area (Å²) in [7, 11) is 0. The van der Waals surface area contributed by atoms with Crippen LogP contribution in [-0.2, 0) is 17.6 Å². The van der Waals surface area contributed by atoms with Crippen molar-refractivity contribution in [3.8, 4) is 0 Å². The number of para-hydroxylation sites is 1. The Kier molecular flexibility index (Phi) is 8.25. The molecule has 0 aliphatic heterocycles. The summed E-state index contributed by atoms with van der Waals surface area (Å²) in [6.45, 7) is 2.76. The van der Waals surface area contributed by atoms with E-state index in [4.69, 9.17) is 0 Å². The van der Waals surface area contributed by atoms with Crippen molar-refractivity contribution >= 4 is 34.7 Å². The molecule has 2 aromatic carbocycles. The summed E-state index contributed by atoms with van der Waals surface area (Å²) < 4.78 is 40.0. The highest BCUT2D eigenvalue weighted by atomic mass is 32.2. The standard InChI is InChI=1S/C23H27F3N4O2S/c1-3-30(10-11-33-2)20(32)13-19(15-6-4-8-17(12-15)23(24,25)26)28-22-27-18-9-5-7-16(14-31)21(18)29-22/h4-9,12,19,31H,3,10-11,13-14H2,1-2H3,(H2,27,28,29). The van der Waals surface area contributed by atoms with Crippen molar-refractivity contribution < 1.29 is 23.1 Å². The number of halogens is 3. The number of rotatable bonds is 10. The number of H-pyrrole nitrogens is 1. The molecule has 0 bridgehead atoms. The second-order valence-corrected chi connectivity index (χ2v) is 8.53. The number of benzene rings is 2. The Balaban J connectivity index is 1.94. The molecule has 1 aromatic heterocycles. The SMILES string of the molecule is CCN(CCSC)C(=O)CC(Nc1nc2c(CO)cccc2[nH]1)c1cccc(C(F)(F)F)c1. The number of aliphatic hydroxyl groups excluding tert-OH is 1. The van der Waals surface area contributed by atoms with Crippen LogP contribution >= 0.6 is 11.8 Å². The van der Waals surface area contributed by atoms with Crippen LogP contribution in [-0.4, -0.2) is 51.0 Å². The number of aromatic amines is 1. The van der Waals surface area contributed by atoms with E-state index in [0.717, 1.165) is 17.9 Å². The largest absolute Gasteiger partial charge is 0.416 e. The molecule has 0 saturated carbocycles. The fourth-order valence-corrected chi connectivity index (χ4v) is 4.00. The molecule has 3 rings (SSSR count). The summed E-state index contributed by atoms with van der Waals surface area (Å²) in [5, 5.41) is 12.7. The van der Waals surface area contributed by atoms with Crippen LogP contribution in [0.4, 0.5) is 19.1 Å². The van der Waals surface area contributed by atoms with Crippen molar-refractivity contribution in [1.29, 1.82) is 0 Å². The van der Waals surface area contributed by atoms with Gasteiger partial charge < -0.3 is 20.3 Å². The lowest BCUT2D eigenvalue weighted by Gasteiger charge is -2.25. The van der Waals surface area contributed by atoms with Crippen LogP contribution in [0, 0.1) is 0 Å². The maximum Gasteiger partial charge on any atom is 0.416 e. The number of amides is 1. The lowest BCUT2D eigenvalue weighted by molar-refractivity contribution is -0.137. The quantitative estimate of drug-likeness (QED) is 0.387. The number of thioether (sulfide) groups is 1. The van der Waals surface area contributed by atoms with Gasteiger partial charge in [-0.3, -0.25) is 4.79 Å². The van der Waals surface area contributed by atoms with Crippen molar-refractivity contribution in [2.45, 2.75) is 32.2 Å². The summed E-state index contributed by atoms with van der Waals surface area (Å²) in [5.74, 6) is 0.927. The number of carbonyl (C=O) groups is 1. The van der Waals surface area contributed by atoms with E-state index in [2.05, 4.69) is 15.3 Å². The molecule has 178 valence electrons. The predicted molar refractivity (Wildman–Crippen MR) is 125 cm³/mol. The number of hydrogen-bond donors (Lipinski definition) is 3. The third-order valence-corrected chi connectivity index (χ3v) is 5.96. The number of nitrogens with zero attached hydrogens (tertiary/aromatic N) is 2. The zero-order chi connectivity index (χ0) is 24.0. The molecule has 0 saturated heterocycles. The van der Waals surface area contributed by atoms with Crippen LogP contribution in [0.3, 0.4) is 0 Å². The molecular formula is C23H27F3N4O2S. The first-order chi connectivity index (χ1) is 15.8. The first-order valence-corrected chi connectivity index (χ1v) is 11.9. The molecule has 1 unspecified atom stereocenters. The molecular weight excluding hydrogens is 453 g/mol. The van der Waals surface area contributed by atoms with Gasteiger partial charge in [-0.1, -0.05) is 24.3 Å². The highest BCUT2D eigenvalue weighted by molar-refractivity contribution is 7.98. The van der Waals surface area contributed by atoms with Crippen LogP contribution in [0.15, 0.2) is 42.5 Å². The Morgan fingerprint density at radius 3 is 2.70 bits per heavy atom. The second kappa shape index (κ2) is 10.9. The Morgan fingerprint density at radius 2 is 2.03 bits per heavy atom. The van der Waals surface area contributed by atoms with Crippen molar-refractivity contribution in [1.82, 2.24) is 14.9 Å². The van der Waals surface area contributed by atoms with Gasteiger partial charge in [0.15, 0.2) is 0 Å². The fourth-order valence-electron chi connectivity index (χ4n) is 3.60. The number of aliphatic hydroxyl groups is 1. The summed E-state index contributed by atoms with van der Waals surface area (Å²) in [6, 6.07) is 9.55. The minimum absolute atomic E-state index is 0.0343. The van der Waals surface area contributed by atoms with Gasteiger partial charge in [-0.25, -0.2) is 4.98 Å². The molecule has 0 fully saturated rings. The highest BCUT2D eigenvalue weighted by Gasteiger charge is 2.31. The minimum Gasteiger partial charge on any atom is -0.392 e. The molecule has 3 aromatic rings. The van der Waals surface area contributed by atoms with Gasteiger partial charge in [-0.15, -0.1) is 0 Å². The molecule has 3 N–H and O–H groups in total. The Morgan fingerprint density at radius 1 is 1.27 bits per heavy atom. The molecule has 6 nitrogen and oxygen atoms in total. The van der Waals surface area contributed by atoms with E-state index in [1.807, 2.05) is 13.2 Å². The van der Waals surface area contributed by atoms with Gasteiger partial charge in [0.25, 0.3) is 0 Å². The number of alkyl halides is 3. The van der Waals surface area contributed by atoms with Crippen LogP contribution < -0.4 is 5.32 Å². The molecule has 0 aliphatic rings. The number of aromatic nitrogens is 2. The third-order valence-electron chi connectivity index (χ3n) is 5.37. The topological polar surface area (TPSA) is 81.2 Å². The Bertz CT molecular complexity index is 1090. The molecule has 33 heavy (non-hydrogen) atoms. The number of anilines is 1. The van der Waals surface area contributed by atoms with Gasteiger partial charge in [0.05, 0.1) is 35.7 Å². The number of nitrogens with one attached hydrogen (secondary N) is 2. The zero-order valence-corrected chi connectivity index (χ0v) is 19.3. The summed E-state index contributed by atoms with van der Waals surface area (Å²) >= 11 is 1.62. The lowest BCUT2D eigenvalue weighted by Crippen LogP contribution is -2.34. The molecule has 1 heterocycles. The van der Waals surface area contributed by atoms with E-state index < -0.39 is 17.8 Å². The molecule has 0 spiro atoms. The maximum atomic E-state index is 13.3. The summed E-state index contributed by atoms with van der Waals surface area (Å²) in [4.78, 5) is 22.2. The molecule has 0 radical (unpaired) electrons. The number of carbonyl (C=O) groups excluding carboxylic acids is 1. The first kappa shape index (κ1) is 24.9. The molecule has 1 amide bonds. The predicted octanol–water partition coefficient (Wildman–Crippen LogP) is 4.83. The van der Waals surface area contributed by atoms with Crippen LogP contribution in [0.5, 0.6) is 0 Å². The van der Waals surface area contributed by atoms with Crippen LogP contribution in [0.1, 0.15) is 36.1 Å². The second-order valence-electron chi connectivity index (χ2n) is 7.55. The van der Waals surface area contributed by atoms with E-state index in [9.17, 15) is 23.1 Å². The van der Waals surface area contributed by atoms with Gasteiger partial charge in [0.1, 0.15) is 0 Å². The molecule has 10 heteroatoms. The minimum atomic E-state index is -4.49. The molecule has 1 atom stereocenters. The van der Waals surface area contributed by atoms with Gasteiger partial charge in [0, 0.05) is 24.4 Å². The number of fused-ring (bicyclic) bond motifs is 1. The van der Waals surface area contributed by atoms with E-state index in [1.54, 1.807) is 40.9 Å². The van der Waals surface area contributed by atoms with Crippen molar-refractivity contribution in [3.63, 3.8) is 0 Å². The van der Waals surface area contributed by atoms with E-state index >= 15 is 0 Å². The highest BCUT2D eigenvalue weighted by Crippen LogP contribution is 2.32. The normalized spacial score (nSPS) is 12.7. The van der Waals surface area contributed by atoms with Crippen LogP contribution in [0.25, 0.3) is 11.0 Å². The van der Waals surface area contributed by atoms with Gasteiger partial charge in [-0.05, 0) is 36.9 Å². The van der Waals surface area contributed by atoms with Crippen molar-refractivity contribution in [2.24, 2.45) is 0 Å². The summed E-state index contributed by atoms with van der Waals surface area (Å²) in [5.41, 5.74) is 1.42. The van der Waals surface area contributed by atoms with Crippen molar-refractivity contribution in [3.05, 3.63) is 59.2 Å². The van der Waals surface area contributed by atoms with Crippen LogP contribution in [0.2, 0.25) is 0 Å². The zero-order valence-electron chi connectivity index (χ0n) is 18.4. The van der Waals surface area contributed by atoms with Gasteiger partial charge >= 0.3 is 6.18 Å². The molecule has 0 aliphatic carbocycles. The Labute approximate surface area is 194 Å². The lowest BCUT2D eigenvalue weighted by atomic mass is 10.0. The monoisotopic (exact) mass is 480 g/mol. The Hall–Kier alpha value is -2.72. The number of imidazole rings is 1. The average Bonchev–Trinajstić information content (AvgIpc) is 3.21. The summed E-state index contributed by atoms with van der Waals surface area (Å²) in [6.07, 6.45) is -2.57. The van der Waals surface area contributed by atoms with Gasteiger partial charge in [-0.2, -0.15) is 24.9 Å².